The highest BCUT2D eigenvalue weighted by molar-refractivity contribution is 7.89. The van der Waals surface area contributed by atoms with Gasteiger partial charge in [-0.2, -0.15) is 0 Å². The fourth-order valence-electron chi connectivity index (χ4n) is 1.94. The molecule has 1 N–H and O–H groups in total. The first-order chi connectivity index (χ1) is 11.5. The quantitative estimate of drug-likeness (QED) is 0.728. The van der Waals surface area contributed by atoms with Gasteiger partial charge in [0.25, 0.3) is 0 Å². The van der Waals surface area contributed by atoms with Gasteiger partial charge in [0.1, 0.15) is 0 Å². The van der Waals surface area contributed by atoms with Gasteiger partial charge >= 0.3 is 0 Å². The van der Waals surface area contributed by atoms with Crippen LogP contribution in [0.25, 0.3) is 11.5 Å². The monoisotopic (exact) mass is 383 g/mol. The van der Waals surface area contributed by atoms with Gasteiger partial charge in [-0.3, -0.25) is 0 Å². The van der Waals surface area contributed by atoms with Crippen LogP contribution < -0.4 is 4.72 Å². The Kier molecular flexibility index (Phi) is 4.86. The minimum atomic E-state index is -3.73. The number of rotatable bonds is 5. The summed E-state index contributed by atoms with van der Waals surface area (Å²) in [5.74, 6) is 0.341. The van der Waals surface area contributed by atoms with E-state index in [0.29, 0.717) is 15.6 Å². The Morgan fingerprint density at radius 2 is 1.83 bits per heavy atom. The zero-order valence-electron chi connectivity index (χ0n) is 12.1. The van der Waals surface area contributed by atoms with Gasteiger partial charge in [-0.25, -0.2) is 13.1 Å². The Balaban J connectivity index is 1.75. The summed E-state index contributed by atoms with van der Waals surface area (Å²) in [6.07, 6.45) is 0. The van der Waals surface area contributed by atoms with Crippen molar-refractivity contribution >= 4 is 33.2 Å². The van der Waals surface area contributed by atoms with Gasteiger partial charge in [0, 0.05) is 5.02 Å². The summed E-state index contributed by atoms with van der Waals surface area (Å²) in [6, 6.07) is 12.9. The molecule has 0 radical (unpaired) electrons. The minimum absolute atomic E-state index is 0.0563. The highest BCUT2D eigenvalue weighted by atomic mass is 35.5. The maximum absolute atomic E-state index is 12.2. The molecule has 0 unspecified atom stereocenters. The molecule has 0 amide bonds. The topological polar surface area (TPSA) is 85.1 Å². The van der Waals surface area contributed by atoms with E-state index in [1.54, 1.807) is 36.4 Å². The van der Waals surface area contributed by atoms with E-state index in [9.17, 15) is 8.42 Å². The van der Waals surface area contributed by atoms with E-state index in [-0.39, 0.29) is 23.2 Å². The molecular weight excluding hydrogens is 373 g/mol. The lowest BCUT2D eigenvalue weighted by Crippen LogP contribution is -2.23. The number of aromatic nitrogens is 2. The third-order valence-corrected chi connectivity index (χ3v) is 5.05. The van der Waals surface area contributed by atoms with Gasteiger partial charge in [0.05, 0.1) is 22.0 Å². The second-order valence-corrected chi connectivity index (χ2v) is 7.37. The van der Waals surface area contributed by atoms with E-state index in [1.807, 2.05) is 0 Å². The molecule has 0 aliphatic heterocycles. The standard InChI is InChI=1S/C15H11Cl2N3O3S/c16-10-4-3-5-11(8-10)24(21,22)18-9-14-19-20-15(23-14)12-6-1-2-7-13(12)17/h1-8,18H,9H2. The van der Waals surface area contributed by atoms with E-state index in [2.05, 4.69) is 14.9 Å². The molecule has 0 bridgehead atoms. The fourth-order valence-corrected chi connectivity index (χ4v) is 3.43. The van der Waals surface area contributed by atoms with E-state index in [0.717, 1.165) is 0 Å². The van der Waals surface area contributed by atoms with Crippen molar-refractivity contribution in [3.05, 3.63) is 64.5 Å². The summed E-state index contributed by atoms with van der Waals surface area (Å²) < 4.78 is 32.2. The van der Waals surface area contributed by atoms with E-state index in [1.165, 1.54) is 12.1 Å². The third kappa shape index (κ3) is 3.76. The van der Waals surface area contributed by atoms with Gasteiger partial charge in [-0.15, -0.1) is 10.2 Å². The van der Waals surface area contributed by atoms with Gasteiger partial charge in [-0.1, -0.05) is 41.4 Å². The van der Waals surface area contributed by atoms with E-state index >= 15 is 0 Å². The minimum Gasteiger partial charge on any atom is -0.419 e. The summed E-state index contributed by atoms with van der Waals surface area (Å²) in [7, 11) is -3.73. The number of sulfonamides is 1. The van der Waals surface area contributed by atoms with Crippen molar-refractivity contribution in [3.63, 3.8) is 0 Å². The first-order valence-electron chi connectivity index (χ1n) is 6.78. The molecule has 1 aromatic heterocycles. The number of nitrogens with zero attached hydrogens (tertiary/aromatic N) is 2. The largest absolute Gasteiger partial charge is 0.419 e. The molecule has 24 heavy (non-hydrogen) atoms. The van der Waals surface area contributed by atoms with Gasteiger partial charge in [-0.05, 0) is 30.3 Å². The Morgan fingerprint density at radius 3 is 2.58 bits per heavy atom. The maximum Gasteiger partial charge on any atom is 0.249 e. The first-order valence-corrected chi connectivity index (χ1v) is 9.02. The molecule has 2 aromatic carbocycles. The number of benzene rings is 2. The molecule has 124 valence electrons. The van der Waals surface area contributed by atoms with Crippen molar-refractivity contribution in [1.82, 2.24) is 14.9 Å². The zero-order valence-corrected chi connectivity index (χ0v) is 14.4. The van der Waals surface area contributed by atoms with Crippen molar-refractivity contribution in [2.24, 2.45) is 0 Å². The molecular formula is C15H11Cl2N3O3S. The molecule has 0 spiro atoms. The van der Waals surface area contributed by atoms with Crippen molar-refractivity contribution < 1.29 is 12.8 Å². The van der Waals surface area contributed by atoms with Crippen LogP contribution in [-0.2, 0) is 16.6 Å². The SMILES string of the molecule is O=S(=O)(NCc1nnc(-c2ccccc2Cl)o1)c1cccc(Cl)c1. The van der Waals surface area contributed by atoms with Crippen LogP contribution >= 0.6 is 23.2 Å². The molecule has 3 rings (SSSR count). The van der Waals surface area contributed by atoms with Crippen molar-refractivity contribution in [2.45, 2.75) is 11.4 Å². The maximum atomic E-state index is 12.2. The lowest BCUT2D eigenvalue weighted by molar-refractivity contribution is 0.494. The summed E-state index contributed by atoms with van der Waals surface area (Å²) in [4.78, 5) is 0.0563. The van der Waals surface area contributed by atoms with Crippen molar-refractivity contribution in [2.75, 3.05) is 0 Å². The number of halogens is 2. The lowest BCUT2D eigenvalue weighted by Gasteiger charge is -2.04. The van der Waals surface area contributed by atoms with Gasteiger partial charge < -0.3 is 4.42 Å². The molecule has 1 heterocycles. The summed E-state index contributed by atoms with van der Waals surface area (Å²) >= 11 is 11.9. The van der Waals surface area contributed by atoms with Crippen LogP contribution in [0.5, 0.6) is 0 Å². The third-order valence-electron chi connectivity index (χ3n) is 3.09. The van der Waals surface area contributed by atoms with E-state index in [4.69, 9.17) is 27.6 Å². The number of nitrogens with one attached hydrogen (secondary N) is 1. The molecule has 3 aromatic rings. The van der Waals surface area contributed by atoms with Crippen LogP contribution in [0.4, 0.5) is 0 Å². The molecule has 0 aliphatic rings. The predicted octanol–water partition coefficient (Wildman–Crippen LogP) is 3.52. The van der Waals surface area contributed by atoms with Crippen LogP contribution in [-0.4, -0.2) is 18.6 Å². The second kappa shape index (κ2) is 6.90. The van der Waals surface area contributed by atoms with Crippen LogP contribution in [0.2, 0.25) is 10.0 Å². The molecule has 0 atom stereocenters. The predicted molar refractivity (Wildman–Crippen MR) is 90.2 cm³/mol. The highest BCUT2D eigenvalue weighted by Gasteiger charge is 2.17. The molecule has 9 heteroatoms. The molecule has 0 saturated heterocycles. The zero-order chi connectivity index (χ0) is 17.2. The fraction of sp³-hybridized carbons (Fsp3) is 0.0667. The Morgan fingerprint density at radius 1 is 1.04 bits per heavy atom. The smallest absolute Gasteiger partial charge is 0.249 e. The van der Waals surface area contributed by atoms with Crippen molar-refractivity contribution in [1.29, 1.82) is 0 Å². The normalized spacial score (nSPS) is 11.6. The van der Waals surface area contributed by atoms with Crippen LogP contribution in [0.3, 0.4) is 0 Å². The average molecular weight is 384 g/mol. The molecule has 0 aliphatic carbocycles. The van der Waals surface area contributed by atoms with E-state index < -0.39 is 10.0 Å². The van der Waals surface area contributed by atoms with Gasteiger partial charge in [0.15, 0.2) is 0 Å². The Labute approximate surface area is 148 Å². The van der Waals surface area contributed by atoms with Gasteiger partial charge in [0.2, 0.25) is 21.8 Å². The second-order valence-electron chi connectivity index (χ2n) is 4.76. The molecule has 0 saturated carbocycles. The van der Waals surface area contributed by atoms with Crippen LogP contribution in [0.1, 0.15) is 5.89 Å². The summed E-state index contributed by atoms with van der Waals surface area (Å²) in [5, 5.41) is 8.49. The van der Waals surface area contributed by atoms with Crippen molar-refractivity contribution in [3.8, 4) is 11.5 Å². The number of hydrogen-bond donors (Lipinski definition) is 1. The highest BCUT2D eigenvalue weighted by Crippen LogP contribution is 2.26. The average Bonchev–Trinajstić information content (AvgIpc) is 3.02. The summed E-state index contributed by atoms with van der Waals surface area (Å²) in [6.45, 7) is -0.147. The lowest BCUT2D eigenvalue weighted by atomic mass is 10.2. The molecule has 6 nitrogen and oxygen atoms in total. The molecule has 0 fully saturated rings. The first kappa shape index (κ1) is 16.9. The Bertz CT molecular complexity index is 973. The summed E-state index contributed by atoms with van der Waals surface area (Å²) in [5.41, 5.74) is 0.579. The van der Waals surface area contributed by atoms with Crippen LogP contribution in [0, 0.1) is 0 Å². The van der Waals surface area contributed by atoms with Crippen LogP contribution in [0.15, 0.2) is 57.8 Å². The Hall–Kier alpha value is -1.93. The number of hydrogen-bond acceptors (Lipinski definition) is 5.